The van der Waals surface area contributed by atoms with Gasteiger partial charge in [-0.1, -0.05) is 13.3 Å². The van der Waals surface area contributed by atoms with E-state index in [1.807, 2.05) is 6.92 Å². The zero-order valence-electron chi connectivity index (χ0n) is 12.4. The first-order valence-electron chi connectivity index (χ1n) is 7.55. The Bertz CT molecular complexity index is 470. The molecule has 2 N–H and O–H groups in total. The molecule has 1 aliphatic rings. The molecule has 2 unspecified atom stereocenters. The Morgan fingerprint density at radius 2 is 2.24 bits per heavy atom. The van der Waals surface area contributed by atoms with Gasteiger partial charge in [-0.2, -0.15) is 0 Å². The highest BCUT2D eigenvalue weighted by Gasteiger charge is 2.41. The molecule has 2 atom stereocenters. The number of aliphatic hydroxyl groups is 1. The number of likely N-dealkylation sites (N-methyl/N-ethyl adjacent to an activating group) is 1. The van der Waals surface area contributed by atoms with Gasteiger partial charge in [0.05, 0.1) is 13.2 Å². The fraction of sp³-hybridized carbons (Fsp3) is 0.625. The van der Waals surface area contributed by atoms with Crippen LogP contribution >= 0.6 is 0 Å². The van der Waals surface area contributed by atoms with Crippen molar-refractivity contribution in [1.29, 1.82) is 0 Å². The summed E-state index contributed by atoms with van der Waals surface area (Å²) in [7, 11) is 0. The van der Waals surface area contributed by atoms with Crippen molar-refractivity contribution in [2.45, 2.75) is 38.1 Å². The number of hydrogen-bond donors (Lipinski definition) is 2. The molecule has 0 saturated heterocycles. The summed E-state index contributed by atoms with van der Waals surface area (Å²) < 4.78 is 31.9. The SMILES string of the molecule is CCNC1(CO)CCCC1CCOc1cc(F)ccc1F. The standard InChI is InChI=1S/C16H23F2NO2/c1-2-19-16(11-20)8-3-4-12(16)7-9-21-15-10-13(17)5-6-14(15)18/h5-6,10,12,19-20H,2-4,7-9,11H2,1H3. The normalized spacial score (nSPS) is 25.2. The maximum absolute atomic E-state index is 13.5. The second kappa shape index (κ2) is 7.18. The van der Waals surface area contributed by atoms with Gasteiger partial charge in [0.1, 0.15) is 5.82 Å². The largest absolute Gasteiger partial charge is 0.490 e. The number of aliphatic hydroxyl groups excluding tert-OH is 1. The van der Waals surface area contributed by atoms with Crippen LogP contribution in [-0.4, -0.2) is 30.4 Å². The van der Waals surface area contributed by atoms with E-state index in [9.17, 15) is 13.9 Å². The maximum Gasteiger partial charge on any atom is 0.165 e. The zero-order chi connectivity index (χ0) is 15.3. The topological polar surface area (TPSA) is 41.5 Å². The molecule has 21 heavy (non-hydrogen) atoms. The molecule has 2 rings (SSSR count). The molecule has 1 aromatic rings. The van der Waals surface area contributed by atoms with Crippen LogP contribution in [0.15, 0.2) is 18.2 Å². The van der Waals surface area contributed by atoms with Crippen LogP contribution in [0, 0.1) is 17.6 Å². The summed E-state index contributed by atoms with van der Waals surface area (Å²) in [4.78, 5) is 0. The van der Waals surface area contributed by atoms with E-state index in [-0.39, 0.29) is 17.9 Å². The number of rotatable bonds is 7. The maximum atomic E-state index is 13.5. The van der Waals surface area contributed by atoms with Gasteiger partial charge in [-0.3, -0.25) is 0 Å². The predicted molar refractivity (Wildman–Crippen MR) is 77.3 cm³/mol. The number of halogens is 2. The molecule has 1 aromatic carbocycles. The summed E-state index contributed by atoms with van der Waals surface area (Å²) in [6.07, 6.45) is 3.73. The summed E-state index contributed by atoms with van der Waals surface area (Å²) in [5.74, 6) is -0.822. The van der Waals surface area contributed by atoms with Crippen LogP contribution in [0.3, 0.4) is 0 Å². The number of benzene rings is 1. The molecule has 118 valence electrons. The van der Waals surface area contributed by atoms with Crippen LogP contribution in [0.25, 0.3) is 0 Å². The molecule has 0 aliphatic heterocycles. The highest BCUT2D eigenvalue weighted by Crippen LogP contribution is 2.37. The first-order chi connectivity index (χ1) is 10.1. The molecule has 0 heterocycles. The molecular weight excluding hydrogens is 276 g/mol. The molecule has 1 saturated carbocycles. The number of ether oxygens (including phenoxy) is 1. The van der Waals surface area contributed by atoms with Crippen molar-refractivity contribution in [3.05, 3.63) is 29.8 Å². The van der Waals surface area contributed by atoms with E-state index in [1.54, 1.807) is 0 Å². The van der Waals surface area contributed by atoms with Gasteiger partial charge in [-0.25, -0.2) is 8.78 Å². The number of hydrogen-bond acceptors (Lipinski definition) is 3. The third-order valence-corrected chi connectivity index (χ3v) is 4.39. The summed E-state index contributed by atoms with van der Waals surface area (Å²) >= 11 is 0. The Labute approximate surface area is 124 Å². The van der Waals surface area contributed by atoms with Crippen molar-refractivity contribution < 1.29 is 18.6 Å². The van der Waals surface area contributed by atoms with Gasteiger partial charge in [0.25, 0.3) is 0 Å². The van der Waals surface area contributed by atoms with Crippen molar-refractivity contribution in [3.63, 3.8) is 0 Å². The van der Waals surface area contributed by atoms with Gasteiger partial charge in [0.2, 0.25) is 0 Å². The minimum absolute atomic E-state index is 0.0500. The Hall–Kier alpha value is -1.20. The molecule has 1 fully saturated rings. The summed E-state index contributed by atoms with van der Waals surface area (Å²) in [6, 6.07) is 3.20. The van der Waals surface area contributed by atoms with Crippen LogP contribution in [0.1, 0.15) is 32.6 Å². The second-order valence-electron chi connectivity index (χ2n) is 5.65. The Balaban J connectivity index is 1.91. The summed E-state index contributed by atoms with van der Waals surface area (Å²) in [5, 5.41) is 13.1. The second-order valence-corrected chi connectivity index (χ2v) is 5.65. The highest BCUT2D eigenvalue weighted by atomic mass is 19.1. The van der Waals surface area contributed by atoms with Crippen LogP contribution in [0.4, 0.5) is 8.78 Å². The van der Waals surface area contributed by atoms with E-state index < -0.39 is 11.6 Å². The molecule has 0 aromatic heterocycles. The predicted octanol–water partition coefficient (Wildman–Crippen LogP) is 2.87. The lowest BCUT2D eigenvalue weighted by atomic mass is 9.85. The van der Waals surface area contributed by atoms with Crippen LogP contribution < -0.4 is 10.1 Å². The molecule has 0 amide bonds. The quantitative estimate of drug-likeness (QED) is 0.813. The van der Waals surface area contributed by atoms with Crippen LogP contribution in [-0.2, 0) is 0 Å². The lowest BCUT2D eigenvalue weighted by Gasteiger charge is -2.34. The smallest absolute Gasteiger partial charge is 0.165 e. The lowest BCUT2D eigenvalue weighted by molar-refractivity contribution is 0.111. The zero-order valence-corrected chi connectivity index (χ0v) is 12.4. The van der Waals surface area contributed by atoms with E-state index >= 15 is 0 Å². The van der Waals surface area contributed by atoms with E-state index in [0.29, 0.717) is 18.9 Å². The van der Waals surface area contributed by atoms with Gasteiger partial charge >= 0.3 is 0 Å². The summed E-state index contributed by atoms with van der Waals surface area (Å²) in [6.45, 7) is 3.24. The minimum Gasteiger partial charge on any atom is -0.490 e. The molecule has 0 radical (unpaired) electrons. The molecule has 0 spiro atoms. The monoisotopic (exact) mass is 299 g/mol. The van der Waals surface area contributed by atoms with Crippen molar-refractivity contribution >= 4 is 0 Å². The Morgan fingerprint density at radius 1 is 1.43 bits per heavy atom. The van der Waals surface area contributed by atoms with Gasteiger partial charge in [-0.15, -0.1) is 0 Å². The van der Waals surface area contributed by atoms with Gasteiger partial charge < -0.3 is 15.2 Å². The highest BCUT2D eigenvalue weighted by molar-refractivity contribution is 5.24. The number of nitrogens with one attached hydrogen (secondary N) is 1. The van der Waals surface area contributed by atoms with E-state index in [2.05, 4.69) is 5.32 Å². The average Bonchev–Trinajstić information content (AvgIpc) is 2.86. The van der Waals surface area contributed by atoms with Crippen LogP contribution in [0.5, 0.6) is 5.75 Å². The van der Waals surface area contributed by atoms with Crippen molar-refractivity contribution in [2.24, 2.45) is 5.92 Å². The molecule has 0 bridgehead atoms. The first kappa shape index (κ1) is 16.2. The fourth-order valence-corrected chi connectivity index (χ4v) is 3.31. The minimum atomic E-state index is -0.553. The average molecular weight is 299 g/mol. The van der Waals surface area contributed by atoms with Crippen LogP contribution in [0.2, 0.25) is 0 Å². The van der Waals surface area contributed by atoms with Gasteiger partial charge in [-0.05, 0) is 43.9 Å². The first-order valence-corrected chi connectivity index (χ1v) is 7.55. The summed E-state index contributed by atoms with van der Waals surface area (Å²) in [5.41, 5.74) is -0.251. The fourth-order valence-electron chi connectivity index (χ4n) is 3.31. The van der Waals surface area contributed by atoms with Crippen molar-refractivity contribution in [2.75, 3.05) is 19.8 Å². The Morgan fingerprint density at radius 3 is 2.95 bits per heavy atom. The van der Waals surface area contributed by atoms with Gasteiger partial charge in [0.15, 0.2) is 11.6 Å². The van der Waals surface area contributed by atoms with E-state index in [0.717, 1.165) is 44.0 Å². The third kappa shape index (κ3) is 3.71. The molecule has 5 heteroatoms. The lowest BCUT2D eigenvalue weighted by Crippen LogP contribution is -2.51. The molecular formula is C16H23F2NO2. The molecule has 3 nitrogen and oxygen atoms in total. The van der Waals surface area contributed by atoms with Gasteiger partial charge in [0, 0.05) is 11.6 Å². The third-order valence-electron chi connectivity index (χ3n) is 4.39. The van der Waals surface area contributed by atoms with E-state index in [4.69, 9.17) is 4.74 Å². The molecule has 1 aliphatic carbocycles. The van der Waals surface area contributed by atoms with E-state index in [1.165, 1.54) is 0 Å². The van der Waals surface area contributed by atoms with Crippen molar-refractivity contribution in [3.8, 4) is 5.75 Å². The Kier molecular flexibility index (Phi) is 5.53. The van der Waals surface area contributed by atoms with Crippen molar-refractivity contribution in [1.82, 2.24) is 5.32 Å².